The summed E-state index contributed by atoms with van der Waals surface area (Å²) in [6.45, 7) is 23.6. The Morgan fingerprint density at radius 3 is 2.10 bits per heavy atom. The summed E-state index contributed by atoms with van der Waals surface area (Å²) in [6, 6.07) is 17.4. The fraction of sp³-hybridized carbons (Fsp3) is 0.455. The minimum Gasteiger partial charge on any atom is -0.512 e. The Bertz CT molecular complexity index is 2170. The van der Waals surface area contributed by atoms with E-state index in [1.54, 1.807) is 0 Å². The van der Waals surface area contributed by atoms with Crippen LogP contribution in [0.25, 0.3) is 51.6 Å². The van der Waals surface area contributed by atoms with Gasteiger partial charge in [-0.2, -0.15) is 11.3 Å². The topological polar surface area (TPSA) is 50.2 Å². The normalized spacial score (nSPS) is 12.9. The molecule has 0 aliphatic heterocycles. The van der Waals surface area contributed by atoms with Crippen molar-refractivity contribution >= 4 is 80.1 Å². The van der Waals surface area contributed by atoms with Crippen molar-refractivity contribution in [3.05, 3.63) is 76.3 Å². The van der Waals surface area contributed by atoms with Crippen LogP contribution in [0.5, 0.6) is 0 Å². The molecule has 0 bridgehead atoms. The Hall–Kier alpha value is -2.41. The average molecular weight is 917 g/mol. The SMILES string of the molecule is CC(C)Cc1cc2ccc3c4ccnc(-c5[c-]c6ccsc6c(C(C)(C)C)c5)c4sc3c2s1.CCC(C)(CC)C(=O)/C=C(\O)C(C)(CC)CC.[Ir]. The summed E-state index contributed by atoms with van der Waals surface area (Å²) in [4.78, 5) is 18.6. The molecule has 51 heavy (non-hydrogen) atoms. The maximum Gasteiger partial charge on any atom is 0.164 e. The van der Waals surface area contributed by atoms with E-state index in [9.17, 15) is 9.90 Å². The third-order valence-electron chi connectivity index (χ3n) is 10.8. The van der Waals surface area contributed by atoms with Crippen LogP contribution in [0.1, 0.15) is 112 Å². The van der Waals surface area contributed by atoms with E-state index in [0.717, 1.165) is 43.4 Å². The Kier molecular flexibility index (Phi) is 13.2. The molecule has 4 heterocycles. The van der Waals surface area contributed by atoms with Gasteiger partial charge in [0, 0.05) is 63.9 Å². The van der Waals surface area contributed by atoms with Crippen LogP contribution in [0.3, 0.4) is 0 Å². The van der Waals surface area contributed by atoms with Crippen LogP contribution in [0.2, 0.25) is 0 Å². The van der Waals surface area contributed by atoms with Crippen molar-refractivity contribution in [1.82, 2.24) is 4.98 Å². The maximum absolute atomic E-state index is 12.2. The molecule has 1 N–H and O–H groups in total. The van der Waals surface area contributed by atoms with Gasteiger partial charge in [0.05, 0.1) is 9.40 Å². The van der Waals surface area contributed by atoms with Gasteiger partial charge >= 0.3 is 0 Å². The number of aliphatic hydroxyl groups is 1. The second-order valence-electron chi connectivity index (χ2n) is 15.7. The summed E-state index contributed by atoms with van der Waals surface area (Å²) < 4.78 is 5.42. The first-order chi connectivity index (χ1) is 23.6. The zero-order chi connectivity index (χ0) is 36.6. The number of nitrogens with zero attached hydrogens (tertiary/aromatic N) is 1. The van der Waals surface area contributed by atoms with E-state index in [1.807, 2.05) is 81.7 Å². The first-order valence-electron chi connectivity index (χ1n) is 18.2. The van der Waals surface area contributed by atoms with Gasteiger partial charge in [-0.25, -0.2) is 0 Å². The van der Waals surface area contributed by atoms with Crippen molar-refractivity contribution < 1.29 is 30.0 Å². The predicted molar refractivity (Wildman–Crippen MR) is 223 cm³/mol. The van der Waals surface area contributed by atoms with Gasteiger partial charge in [0.2, 0.25) is 0 Å². The van der Waals surface area contributed by atoms with Crippen LogP contribution in [0, 0.1) is 22.8 Å². The first-order valence-corrected chi connectivity index (χ1v) is 20.7. The molecule has 4 aromatic heterocycles. The van der Waals surface area contributed by atoms with E-state index in [2.05, 4.69) is 82.5 Å². The monoisotopic (exact) mass is 917 g/mol. The minimum atomic E-state index is -0.337. The largest absolute Gasteiger partial charge is 0.512 e. The molecule has 7 heteroatoms. The fourth-order valence-corrected chi connectivity index (χ4v) is 10.3. The van der Waals surface area contributed by atoms with Gasteiger partial charge in [0.15, 0.2) is 5.78 Å². The Morgan fingerprint density at radius 2 is 1.49 bits per heavy atom. The Morgan fingerprint density at radius 1 is 0.843 bits per heavy atom. The molecule has 0 fully saturated rings. The Balaban J connectivity index is 0.000000279. The number of ketones is 1. The molecule has 0 saturated carbocycles. The van der Waals surface area contributed by atoms with Gasteiger partial charge in [0.1, 0.15) is 5.76 Å². The predicted octanol–water partition coefficient (Wildman–Crippen LogP) is 14.5. The summed E-state index contributed by atoms with van der Waals surface area (Å²) in [7, 11) is 0. The van der Waals surface area contributed by atoms with Crippen molar-refractivity contribution in [3.63, 3.8) is 0 Å². The number of rotatable bonds is 10. The van der Waals surface area contributed by atoms with Crippen LogP contribution >= 0.6 is 34.0 Å². The fourth-order valence-electron chi connectivity index (χ4n) is 6.38. The molecule has 3 nitrogen and oxygen atoms in total. The van der Waals surface area contributed by atoms with E-state index in [4.69, 9.17) is 4.98 Å². The van der Waals surface area contributed by atoms with E-state index < -0.39 is 0 Å². The molecular formula is C44H54IrNO2S3-. The zero-order valence-electron chi connectivity index (χ0n) is 32.2. The van der Waals surface area contributed by atoms with Crippen LogP contribution in [0.15, 0.2) is 59.8 Å². The number of allylic oxidation sites excluding steroid dienone is 2. The molecule has 0 spiro atoms. The molecule has 0 aliphatic carbocycles. The van der Waals surface area contributed by atoms with Gasteiger partial charge in [-0.3, -0.25) is 9.78 Å². The van der Waals surface area contributed by atoms with Crippen LogP contribution in [0.4, 0.5) is 0 Å². The average Bonchev–Trinajstić information content (AvgIpc) is 3.82. The number of hydrogen-bond acceptors (Lipinski definition) is 6. The standard InChI is InChI=1S/C29H26NS3.C15H28O2.Ir/c1-16(2)12-20-14-17-6-7-21-22-8-10-30-24(27(22)33-28(21)26(17)32-20)19-13-18-9-11-31-25(18)23(15-19)29(3,4)5;1-7-14(5,8-2)12(16)11-13(17)15(6,9-3)10-4;/h6-11,14-16H,12H2,1-5H3;11,16H,7-10H2,1-6H3;/q-1;;/b;12-11-;. The first kappa shape index (κ1) is 41.3. The van der Waals surface area contributed by atoms with Crippen LogP contribution in [-0.4, -0.2) is 15.9 Å². The van der Waals surface area contributed by atoms with E-state index >= 15 is 0 Å². The molecule has 1 radical (unpaired) electrons. The molecule has 6 aromatic rings. The third-order valence-corrected chi connectivity index (χ3v) is 14.3. The number of carbonyl (C=O) groups is 1. The third kappa shape index (κ3) is 8.39. The van der Waals surface area contributed by atoms with Gasteiger partial charge in [-0.15, -0.1) is 46.3 Å². The number of carbonyl (C=O) groups excluding carboxylic acids is 1. The van der Waals surface area contributed by atoms with Gasteiger partial charge in [-0.1, -0.05) is 99.4 Å². The number of fused-ring (bicyclic) bond motifs is 6. The number of benzene rings is 2. The van der Waals surface area contributed by atoms with Gasteiger partial charge < -0.3 is 5.11 Å². The molecule has 0 aliphatic rings. The van der Waals surface area contributed by atoms with E-state index in [1.165, 1.54) is 56.9 Å². The molecule has 0 atom stereocenters. The van der Waals surface area contributed by atoms with Crippen LogP contribution < -0.4 is 0 Å². The minimum absolute atomic E-state index is 0. The molecule has 0 amide bonds. The summed E-state index contributed by atoms with van der Waals surface area (Å²) in [5.74, 6) is 0.958. The van der Waals surface area contributed by atoms with Crippen molar-refractivity contribution in [2.75, 3.05) is 0 Å². The molecule has 0 unspecified atom stereocenters. The van der Waals surface area contributed by atoms with Crippen molar-refractivity contribution in [2.24, 2.45) is 16.7 Å². The van der Waals surface area contributed by atoms with Crippen molar-refractivity contribution in [2.45, 2.75) is 114 Å². The Labute approximate surface area is 330 Å². The second kappa shape index (κ2) is 16.3. The summed E-state index contributed by atoms with van der Waals surface area (Å²) >= 11 is 5.67. The number of aromatic nitrogens is 1. The number of thiophene rings is 3. The van der Waals surface area contributed by atoms with Gasteiger partial charge in [0.25, 0.3) is 0 Å². The maximum atomic E-state index is 12.2. The zero-order valence-corrected chi connectivity index (χ0v) is 37.0. The summed E-state index contributed by atoms with van der Waals surface area (Å²) in [5, 5.41) is 17.5. The van der Waals surface area contributed by atoms with Crippen LogP contribution in [-0.2, 0) is 36.7 Å². The smallest absolute Gasteiger partial charge is 0.164 e. The summed E-state index contributed by atoms with van der Waals surface area (Å²) in [6.07, 6.45) is 7.86. The summed E-state index contributed by atoms with van der Waals surface area (Å²) in [5.41, 5.74) is 3.00. The molecule has 0 saturated heterocycles. The number of aliphatic hydroxyl groups excluding tert-OH is 1. The number of hydrogen-bond donors (Lipinski definition) is 1. The van der Waals surface area contributed by atoms with Gasteiger partial charge in [-0.05, 0) is 76.4 Å². The van der Waals surface area contributed by atoms with E-state index in [0.29, 0.717) is 5.92 Å². The van der Waals surface area contributed by atoms with E-state index in [-0.39, 0.29) is 47.9 Å². The quantitative estimate of drug-likeness (QED) is 0.0846. The van der Waals surface area contributed by atoms with Crippen molar-refractivity contribution in [3.8, 4) is 11.3 Å². The molecule has 6 rings (SSSR count). The molecule has 2 aromatic carbocycles. The van der Waals surface area contributed by atoms with Crippen molar-refractivity contribution in [1.29, 1.82) is 0 Å². The molecule has 275 valence electrons. The molecular weight excluding hydrogens is 863 g/mol. The number of pyridine rings is 1. The second-order valence-corrected chi connectivity index (χ2v) is 18.8.